The minimum atomic E-state index is -0.607. The van der Waals surface area contributed by atoms with Crippen LogP contribution in [-0.2, 0) is 14.3 Å². The zero-order chi connectivity index (χ0) is 19.6. The third-order valence-electron chi connectivity index (χ3n) is 3.49. The van der Waals surface area contributed by atoms with Gasteiger partial charge in [0.15, 0.2) is 17.2 Å². The van der Waals surface area contributed by atoms with E-state index in [1.807, 2.05) is 0 Å². The molecule has 0 aromatic heterocycles. The molecule has 27 heavy (non-hydrogen) atoms. The molecule has 1 aliphatic heterocycles. The van der Waals surface area contributed by atoms with Gasteiger partial charge >= 0.3 is 11.9 Å². The molecule has 0 atom stereocenters. The van der Waals surface area contributed by atoms with Gasteiger partial charge in [0.1, 0.15) is 0 Å². The van der Waals surface area contributed by atoms with Gasteiger partial charge in [0.2, 0.25) is 5.90 Å². The molecule has 0 unspecified atom stereocenters. The van der Waals surface area contributed by atoms with Crippen LogP contribution in [0.25, 0.3) is 6.08 Å². The maximum absolute atomic E-state index is 12.1. The number of hydrogen-bond acceptors (Lipinski definition) is 6. The smallest absolute Gasteiger partial charge is 0.363 e. The van der Waals surface area contributed by atoms with Crippen LogP contribution in [-0.4, -0.2) is 24.9 Å². The van der Waals surface area contributed by atoms with Crippen molar-refractivity contribution in [3.63, 3.8) is 0 Å². The average Bonchev–Trinajstić information content (AvgIpc) is 2.97. The van der Waals surface area contributed by atoms with E-state index in [-0.39, 0.29) is 28.1 Å². The Labute approximate surface area is 165 Å². The summed E-state index contributed by atoms with van der Waals surface area (Å²) in [5, 5.41) is 0.656. The Morgan fingerprint density at radius 1 is 1.22 bits per heavy atom. The predicted molar refractivity (Wildman–Crippen MR) is 101 cm³/mol. The van der Waals surface area contributed by atoms with Crippen LogP contribution in [0.2, 0.25) is 10.0 Å². The lowest BCUT2D eigenvalue weighted by Gasteiger charge is -2.10. The second-order valence-electron chi connectivity index (χ2n) is 5.47. The maximum Gasteiger partial charge on any atom is 0.363 e. The molecule has 0 aliphatic carbocycles. The van der Waals surface area contributed by atoms with E-state index >= 15 is 0 Å². The number of halogens is 2. The number of aliphatic imine (C=N–C) groups is 1. The third-order valence-corrected chi connectivity index (χ3v) is 4.01. The van der Waals surface area contributed by atoms with Crippen LogP contribution in [0.5, 0.6) is 11.5 Å². The van der Waals surface area contributed by atoms with Crippen LogP contribution in [0.3, 0.4) is 0 Å². The fourth-order valence-electron chi connectivity index (χ4n) is 2.38. The van der Waals surface area contributed by atoms with Crippen molar-refractivity contribution in [1.82, 2.24) is 0 Å². The van der Waals surface area contributed by atoms with Gasteiger partial charge in [0.05, 0.1) is 12.1 Å². The van der Waals surface area contributed by atoms with E-state index in [9.17, 15) is 9.59 Å². The zero-order valence-corrected chi connectivity index (χ0v) is 15.8. The lowest BCUT2D eigenvalue weighted by Crippen LogP contribution is -2.05. The lowest BCUT2D eigenvalue weighted by molar-refractivity contribution is -0.132. The van der Waals surface area contributed by atoms with E-state index < -0.39 is 11.9 Å². The molecular weight excluding hydrogens is 393 g/mol. The van der Waals surface area contributed by atoms with Crippen molar-refractivity contribution in [3.05, 3.63) is 63.3 Å². The number of nitrogens with zero attached hydrogens (tertiary/aromatic N) is 1. The van der Waals surface area contributed by atoms with Crippen LogP contribution in [0.1, 0.15) is 18.1 Å². The first kappa shape index (κ1) is 18.9. The third kappa shape index (κ3) is 4.30. The van der Waals surface area contributed by atoms with Crippen molar-refractivity contribution < 1.29 is 23.8 Å². The van der Waals surface area contributed by atoms with Crippen molar-refractivity contribution in [1.29, 1.82) is 0 Å². The van der Waals surface area contributed by atoms with Crippen LogP contribution in [0.4, 0.5) is 0 Å². The van der Waals surface area contributed by atoms with Crippen molar-refractivity contribution >= 4 is 47.1 Å². The number of benzene rings is 2. The number of esters is 2. The van der Waals surface area contributed by atoms with Gasteiger partial charge in [-0.1, -0.05) is 29.3 Å². The highest BCUT2D eigenvalue weighted by Gasteiger charge is 2.24. The van der Waals surface area contributed by atoms with Crippen LogP contribution < -0.4 is 9.47 Å². The van der Waals surface area contributed by atoms with E-state index in [4.69, 9.17) is 37.4 Å². The SMILES string of the molecule is COc1cc(/C=C2\N=C(c3cccc(Cl)c3)OC2=O)cc(Cl)c1OC(C)=O. The Bertz CT molecular complexity index is 998. The molecule has 3 rings (SSSR count). The van der Waals surface area contributed by atoms with Gasteiger partial charge in [-0.2, -0.15) is 0 Å². The average molecular weight is 406 g/mol. The Morgan fingerprint density at radius 3 is 2.67 bits per heavy atom. The number of cyclic esters (lactones) is 1. The summed E-state index contributed by atoms with van der Waals surface area (Å²) in [5.74, 6) is -0.634. The molecule has 138 valence electrons. The molecular formula is C19H13Cl2NO5. The molecule has 0 fully saturated rings. The van der Waals surface area contributed by atoms with Gasteiger partial charge in [-0.3, -0.25) is 4.79 Å². The lowest BCUT2D eigenvalue weighted by atomic mass is 10.1. The Kier molecular flexibility index (Phi) is 5.48. The summed E-state index contributed by atoms with van der Waals surface area (Å²) in [6.45, 7) is 1.26. The Hall–Kier alpha value is -2.83. The largest absolute Gasteiger partial charge is 0.493 e. The molecule has 0 saturated heterocycles. The number of carbonyl (C=O) groups is 2. The second kappa shape index (κ2) is 7.82. The zero-order valence-electron chi connectivity index (χ0n) is 14.3. The molecule has 0 radical (unpaired) electrons. The molecule has 0 spiro atoms. The number of methoxy groups -OCH3 is 1. The molecule has 0 saturated carbocycles. The molecule has 8 heteroatoms. The highest BCUT2D eigenvalue weighted by Crippen LogP contribution is 2.37. The second-order valence-corrected chi connectivity index (χ2v) is 6.32. The molecule has 2 aromatic rings. The minimum absolute atomic E-state index is 0.0864. The van der Waals surface area contributed by atoms with E-state index in [0.717, 1.165) is 0 Å². The summed E-state index contributed by atoms with van der Waals surface area (Å²) in [7, 11) is 1.41. The summed E-state index contributed by atoms with van der Waals surface area (Å²) < 4.78 is 15.5. The van der Waals surface area contributed by atoms with Crippen LogP contribution >= 0.6 is 23.2 Å². The van der Waals surface area contributed by atoms with Crippen molar-refractivity contribution in [2.45, 2.75) is 6.92 Å². The normalized spacial score (nSPS) is 14.7. The van der Waals surface area contributed by atoms with Crippen molar-refractivity contribution in [2.75, 3.05) is 7.11 Å². The minimum Gasteiger partial charge on any atom is -0.493 e. The first-order valence-electron chi connectivity index (χ1n) is 7.72. The number of rotatable bonds is 4. The molecule has 2 aromatic carbocycles. The highest BCUT2D eigenvalue weighted by molar-refractivity contribution is 6.32. The monoisotopic (exact) mass is 405 g/mol. The fourth-order valence-corrected chi connectivity index (χ4v) is 2.83. The molecule has 0 bridgehead atoms. The van der Waals surface area contributed by atoms with Crippen LogP contribution in [0.15, 0.2) is 47.1 Å². The first-order valence-corrected chi connectivity index (χ1v) is 8.47. The van der Waals surface area contributed by atoms with Gasteiger partial charge < -0.3 is 14.2 Å². The predicted octanol–water partition coefficient (Wildman–Crippen LogP) is 4.27. The first-order chi connectivity index (χ1) is 12.9. The summed E-state index contributed by atoms with van der Waals surface area (Å²) in [5.41, 5.74) is 1.19. The number of ether oxygens (including phenoxy) is 3. The molecule has 6 nitrogen and oxygen atoms in total. The molecule has 1 heterocycles. The maximum atomic E-state index is 12.1. The quantitative estimate of drug-likeness (QED) is 0.431. The topological polar surface area (TPSA) is 74.2 Å². The number of hydrogen-bond donors (Lipinski definition) is 0. The standard InChI is InChI=1S/C19H13Cl2NO5/c1-10(23)26-17-14(21)6-11(8-16(17)25-2)7-15-19(24)27-18(22-15)12-4-3-5-13(20)9-12/h3-9H,1-2H3/b15-7-. The van der Waals surface area contributed by atoms with Gasteiger partial charge in [-0.25, -0.2) is 9.79 Å². The van der Waals surface area contributed by atoms with E-state index in [1.54, 1.807) is 30.3 Å². The van der Waals surface area contributed by atoms with E-state index in [0.29, 0.717) is 16.1 Å². The van der Waals surface area contributed by atoms with Gasteiger partial charge in [0, 0.05) is 17.5 Å². The number of carbonyl (C=O) groups excluding carboxylic acids is 2. The van der Waals surface area contributed by atoms with Crippen molar-refractivity contribution in [2.24, 2.45) is 4.99 Å². The van der Waals surface area contributed by atoms with Gasteiger partial charge in [-0.05, 0) is 42.0 Å². The summed E-state index contributed by atoms with van der Waals surface area (Å²) in [6.07, 6.45) is 1.49. The van der Waals surface area contributed by atoms with E-state index in [1.165, 1.54) is 26.2 Å². The Balaban J connectivity index is 1.97. The molecule has 0 amide bonds. The van der Waals surface area contributed by atoms with Gasteiger partial charge in [-0.15, -0.1) is 0 Å². The summed E-state index contributed by atoms with van der Waals surface area (Å²) >= 11 is 12.1. The highest BCUT2D eigenvalue weighted by atomic mass is 35.5. The summed E-state index contributed by atoms with van der Waals surface area (Å²) in [4.78, 5) is 27.5. The van der Waals surface area contributed by atoms with Crippen molar-refractivity contribution in [3.8, 4) is 11.5 Å². The van der Waals surface area contributed by atoms with E-state index in [2.05, 4.69) is 4.99 Å². The summed E-state index contributed by atoms with van der Waals surface area (Å²) in [6, 6.07) is 9.90. The Morgan fingerprint density at radius 2 is 2.00 bits per heavy atom. The fraction of sp³-hybridized carbons (Fsp3) is 0.105. The van der Waals surface area contributed by atoms with Crippen LogP contribution in [0, 0.1) is 0 Å². The van der Waals surface area contributed by atoms with Gasteiger partial charge in [0.25, 0.3) is 0 Å². The molecule has 1 aliphatic rings. The molecule has 0 N–H and O–H groups in total.